The molecule has 0 heterocycles. The zero-order valence-corrected chi connectivity index (χ0v) is 12.9. The van der Waals surface area contributed by atoms with Gasteiger partial charge in [0.15, 0.2) is 0 Å². The second kappa shape index (κ2) is 7.70. The van der Waals surface area contributed by atoms with Gasteiger partial charge in [0.25, 0.3) is 0 Å². The third kappa shape index (κ3) is 3.79. The van der Waals surface area contributed by atoms with E-state index in [2.05, 4.69) is 0 Å². The van der Waals surface area contributed by atoms with Crippen molar-refractivity contribution in [3.8, 4) is 0 Å². The number of aliphatic hydroxyl groups excluding tert-OH is 2. The van der Waals surface area contributed by atoms with Crippen molar-refractivity contribution in [1.29, 1.82) is 0 Å². The summed E-state index contributed by atoms with van der Waals surface area (Å²) in [5.74, 6) is -0.292. The zero-order valence-electron chi connectivity index (χ0n) is 12.9. The van der Waals surface area contributed by atoms with Gasteiger partial charge in [-0.2, -0.15) is 0 Å². The van der Waals surface area contributed by atoms with E-state index in [9.17, 15) is 10.2 Å². The van der Waals surface area contributed by atoms with Gasteiger partial charge in [-0.25, -0.2) is 0 Å². The highest BCUT2D eigenvalue weighted by atomic mass is 16.6. The quantitative estimate of drug-likeness (QED) is 0.822. The molecule has 4 heteroatoms. The standard InChI is InChI=1S/C19H22O4/c20-11-16-17(21)19(23-13-15-9-5-2-6-10-15)18(16)22-12-14-7-3-1-4-8-14/h1-10,16-21H,11-13H2/t16-,17-,18+,19+/m1/s1. The van der Waals surface area contributed by atoms with Gasteiger partial charge in [0.2, 0.25) is 0 Å². The fourth-order valence-corrected chi connectivity index (χ4v) is 2.89. The van der Waals surface area contributed by atoms with Crippen LogP contribution in [0.4, 0.5) is 0 Å². The highest BCUT2D eigenvalue weighted by molar-refractivity contribution is 5.15. The van der Waals surface area contributed by atoms with Crippen molar-refractivity contribution < 1.29 is 19.7 Å². The zero-order chi connectivity index (χ0) is 16.1. The average Bonchev–Trinajstić information content (AvgIpc) is 2.60. The summed E-state index contributed by atoms with van der Waals surface area (Å²) in [4.78, 5) is 0. The van der Waals surface area contributed by atoms with Gasteiger partial charge in [0, 0.05) is 5.92 Å². The number of ether oxygens (including phenoxy) is 2. The summed E-state index contributed by atoms with van der Waals surface area (Å²) >= 11 is 0. The summed E-state index contributed by atoms with van der Waals surface area (Å²) in [5.41, 5.74) is 2.11. The minimum atomic E-state index is -0.690. The Hall–Kier alpha value is -1.72. The molecule has 4 atom stereocenters. The summed E-state index contributed by atoms with van der Waals surface area (Å²) in [6.45, 7) is 0.762. The molecular weight excluding hydrogens is 292 g/mol. The molecule has 2 aromatic rings. The Morgan fingerprint density at radius 2 is 1.22 bits per heavy atom. The van der Waals surface area contributed by atoms with Crippen LogP contribution in [0.2, 0.25) is 0 Å². The van der Waals surface area contributed by atoms with Crippen molar-refractivity contribution in [3.63, 3.8) is 0 Å². The molecule has 0 saturated heterocycles. The topological polar surface area (TPSA) is 58.9 Å². The summed E-state index contributed by atoms with van der Waals surface area (Å²) in [7, 11) is 0. The van der Waals surface area contributed by atoms with Crippen molar-refractivity contribution in [2.24, 2.45) is 5.92 Å². The van der Waals surface area contributed by atoms with Gasteiger partial charge in [-0.15, -0.1) is 0 Å². The van der Waals surface area contributed by atoms with Crippen molar-refractivity contribution in [2.45, 2.75) is 31.5 Å². The maximum atomic E-state index is 10.1. The molecule has 0 unspecified atom stereocenters. The molecule has 0 amide bonds. The minimum Gasteiger partial charge on any atom is -0.396 e. The van der Waals surface area contributed by atoms with E-state index >= 15 is 0 Å². The van der Waals surface area contributed by atoms with E-state index in [0.717, 1.165) is 11.1 Å². The average molecular weight is 314 g/mol. The van der Waals surface area contributed by atoms with Crippen molar-refractivity contribution >= 4 is 0 Å². The number of rotatable bonds is 7. The molecule has 1 aliphatic carbocycles. The maximum absolute atomic E-state index is 10.1. The Kier molecular flexibility index (Phi) is 5.41. The number of hydrogen-bond acceptors (Lipinski definition) is 4. The van der Waals surface area contributed by atoms with Gasteiger partial charge in [-0.1, -0.05) is 60.7 Å². The van der Waals surface area contributed by atoms with Crippen LogP contribution in [0.1, 0.15) is 11.1 Å². The lowest BCUT2D eigenvalue weighted by molar-refractivity contribution is -0.246. The Balaban J connectivity index is 1.57. The van der Waals surface area contributed by atoms with Crippen LogP contribution in [0.5, 0.6) is 0 Å². The lowest BCUT2D eigenvalue weighted by Gasteiger charge is -2.47. The van der Waals surface area contributed by atoms with Crippen LogP contribution in [0.25, 0.3) is 0 Å². The van der Waals surface area contributed by atoms with Gasteiger partial charge in [-0.05, 0) is 11.1 Å². The SMILES string of the molecule is OC[C@@H]1[C@@H](O)[C@H](OCc2ccccc2)[C@H]1OCc1ccccc1. The molecule has 122 valence electrons. The molecule has 1 saturated carbocycles. The summed E-state index contributed by atoms with van der Waals surface area (Å²) in [5, 5.41) is 19.6. The van der Waals surface area contributed by atoms with Gasteiger partial charge >= 0.3 is 0 Å². The first-order chi connectivity index (χ1) is 11.3. The van der Waals surface area contributed by atoms with Crippen LogP contribution in [-0.2, 0) is 22.7 Å². The normalized spacial score (nSPS) is 26.7. The van der Waals surface area contributed by atoms with Crippen molar-refractivity contribution in [2.75, 3.05) is 6.61 Å². The fraction of sp³-hybridized carbons (Fsp3) is 0.368. The second-order valence-corrected chi connectivity index (χ2v) is 5.86. The van der Waals surface area contributed by atoms with Crippen molar-refractivity contribution in [1.82, 2.24) is 0 Å². The van der Waals surface area contributed by atoms with Crippen LogP contribution in [0.3, 0.4) is 0 Å². The molecule has 0 aromatic heterocycles. The second-order valence-electron chi connectivity index (χ2n) is 5.86. The third-order valence-corrected chi connectivity index (χ3v) is 4.30. The first-order valence-electron chi connectivity index (χ1n) is 7.89. The fourth-order valence-electron chi connectivity index (χ4n) is 2.89. The first-order valence-corrected chi connectivity index (χ1v) is 7.89. The molecule has 23 heavy (non-hydrogen) atoms. The van der Waals surface area contributed by atoms with E-state index in [1.165, 1.54) is 0 Å². The van der Waals surface area contributed by atoms with Crippen LogP contribution < -0.4 is 0 Å². The third-order valence-electron chi connectivity index (χ3n) is 4.30. The van der Waals surface area contributed by atoms with E-state index in [-0.39, 0.29) is 18.6 Å². The molecule has 4 nitrogen and oxygen atoms in total. The van der Waals surface area contributed by atoms with Crippen LogP contribution >= 0.6 is 0 Å². The Labute approximate surface area is 136 Å². The summed E-state index contributed by atoms with van der Waals surface area (Å²) in [6.07, 6.45) is -1.39. The van der Waals surface area contributed by atoms with Crippen LogP contribution in [0.15, 0.2) is 60.7 Å². The van der Waals surface area contributed by atoms with Crippen LogP contribution in [0, 0.1) is 5.92 Å². The summed E-state index contributed by atoms with van der Waals surface area (Å²) < 4.78 is 11.7. The van der Waals surface area contributed by atoms with Crippen LogP contribution in [-0.4, -0.2) is 35.1 Å². The van der Waals surface area contributed by atoms with E-state index in [1.54, 1.807) is 0 Å². The molecule has 0 radical (unpaired) electrons. The highest BCUT2D eigenvalue weighted by Gasteiger charge is 2.51. The number of aliphatic hydroxyl groups is 2. The van der Waals surface area contributed by atoms with E-state index in [4.69, 9.17) is 9.47 Å². The Morgan fingerprint density at radius 3 is 1.70 bits per heavy atom. The number of hydrogen-bond donors (Lipinski definition) is 2. The lowest BCUT2D eigenvalue weighted by Crippen LogP contribution is -2.63. The Morgan fingerprint density at radius 1 is 0.739 bits per heavy atom. The predicted octanol–water partition coefficient (Wildman–Crippen LogP) is 2.14. The molecule has 2 aromatic carbocycles. The molecule has 3 rings (SSSR count). The molecule has 1 fully saturated rings. The van der Waals surface area contributed by atoms with E-state index in [1.807, 2.05) is 60.7 Å². The van der Waals surface area contributed by atoms with Gasteiger partial charge in [-0.3, -0.25) is 0 Å². The molecule has 0 bridgehead atoms. The molecule has 0 aliphatic heterocycles. The molecule has 0 spiro atoms. The first kappa shape index (κ1) is 16.1. The summed E-state index contributed by atoms with van der Waals surface area (Å²) in [6, 6.07) is 19.7. The molecule has 2 N–H and O–H groups in total. The van der Waals surface area contributed by atoms with Gasteiger partial charge in [0.1, 0.15) is 6.10 Å². The van der Waals surface area contributed by atoms with E-state index < -0.39 is 12.2 Å². The van der Waals surface area contributed by atoms with Crippen molar-refractivity contribution in [3.05, 3.63) is 71.8 Å². The van der Waals surface area contributed by atoms with Gasteiger partial charge < -0.3 is 19.7 Å². The number of benzene rings is 2. The smallest absolute Gasteiger partial charge is 0.111 e. The Bertz CT molecular complexity index is 587. The lowest BCUT2D eigenvalue weighted by atomic mass is 9.76. The highest BCUT2D eigenvalue weighted by Crippen LogP contribution is 2.35. The van der Waals surface area contributed by atoms with Gasteiger partial charge in [0.05, 0.1) is 32.0 Å². The monoisotopic (exact) mass is 314 g/mol. The molecule has 1 aliphatic rings. The molecular formula is C19H22O4. The minimum absolute atomic E-state index is 0.105. The predicted molar refractivity (Wildman–Crippen MR) is 86.6 cm³/mol. The largest absolute Gasteiger partial charge is 0.396 e. The van der Waals surface area contributed by atoms with E-state index in [0.29, 0.717) is 13.2 Å². The maximum Gasteiger partial charge on any atom is 0.111 e.